The van der Waals surface area contributed by atoms with E-state index >= 15 is 0 Å². The van der Waals surface area contributed by atoms with Crippen molar-refractivity contribution in [3.8, 4) is 5.88 Å². The lowest BCUT2D eigenvalue weighted by Crippen LogP contribution is -1.94. The summed E-state index contributed by atoms with van der Waals surface area (Å²) in [6.07, 6.45) is 1.28. The van der Waals surface area contributed by atoms with Crippen molar-refractivity contribution in [1.82, 2.24) is 4.98 Å². The molecule has 0 atom stereocenters. The van der Waals surface area contributed by atoms with E-state index in [1.54, 1.807) is 0 Å². The average Bonchev–Trinajstić information content (AvgIpc) is 2.02. The average molecular weight is 154 g/mol. The number of ketones is 1. The minimum Gasteiger partial charge on any atom is -0.481 e. The number of hydrogen-bond acceptors (Lipinski definition) is 3. The van der Waals surface area contributed by atoms with Gasteiger partial charge in [-0.05, 0) is 13.0 Å². The van der Waals surface area contributed by atoms with Crippen LogP contribution in [-0.4, -0.2) is 17.8 Å². The summed E-state index contributed by atoms with van der Waals surface area (Å²) in [5, 5.41) is 0. The van der Waals surface area contributed by atoms with Gasteiger partial charge in [-0.1, -0.05) is 0 Å². The Morgan fingerprint density at radius 3 is 3.00 bits per heavy atom. The third kappa shape index (κ3) is 1.77. The molecule has 0 fully saturated rings. The third-order valence-electron chi connectivity index (χ3n) is 1.25. The smallest absolute Gasteiger partial charge is 0.212 e. The van der Waals surface area contributed by atoms with Gasteiger partial charge in [-0.2, -0.15) is 0 Å². The molecule has 0 unspecified atom stereocenters. The van der Waals surface area contributed by atoms with Crippen LogP contribution in [0.15, 0.2) is 18.3 Å². The normalized spacial score (nSPS) is 14.5. The molecule has 0 aliphatic carbocycles. The van der Waals surface area contributed by atoms with E-state index < -0.39 is 7.04 Å². The summed E-state index contributed by atoms with van der Waals surface area (Å²) in [5.74, 6) is -0.145. The molecule has 0 aliphatic rings. The molecule has 3 nitrogen and oxygen atoms in total. The molecule has 0 aromatic carbocycles. The number of Topliss-reactive ketones (excluding diaryl/α,β-unsaturated/α-hetero) is 1. The molecular formula is C8H9NO2. The number of carbonyl (C=O) groups excluding carboxylic acids is 1. The Kier molecular flexibility index (Phi) is 1.28. The molecule has 0 amide bonds. The first-order valence-electron chi connectivity index (χ1n) is 4.54. The van der Waals surface area contributed by atoms with E-state index in [1.807, 2.05) is 0 Å². The third-order valence-corrected chi connectivity index (χ3v) is 1.25. The Balaban J connectivity index is 2.79. The van der Waals surface area contributed by atoms with Crippen molar-refractivity contribution < 1.29 is 13.6 Å². The second kappa shape index (κ2) is 3.14. The van der Waals surface area contributed by atoms with Crippen molar-refractivity contribution >= 4 is 5.78 Å². The SMILES string of the molecule is [2H]C([2H])([2H])Oc1ccc(C(C)=O)cn1. The molecule has 0 aliphatic heterocycles. The molecule has 0 bridgehead atoms. The van der Waals surface area contributed by atoms with Crippen LogP contribution in [0.2, 0.25) is 0 Å². The van der Waals surface area contributed by atoms with Gasteiger partial charge in [0.15, 0.2) is 5.78 Å². The molecule has 0 N–H and O–H groups in total. The lowest BCUT2D eigenvalue weighted by molar-refractivity contribution is 0.101. The van der Waals surface area contributed by atoms with Gasteiger partial charge in [-0.25, -0.2) is 4.98 Å². The molecule has 11 heavy (non-hydrogen) atoms. The Morgan fingerprint density at radius 2 is 2.55 bits per heavy atom. The maximum atomic E-state index is 10.8. The quantitative estimate of drug-likeness (QED) is 0.602. The number of methoxy groups -OCH3 is 1. The first kappa shape index (κ1) is 4.49. The fraction of sp³-hybridized carbons (Fsp3) is 0.250. The summed E-state index contributed by atoms with van der Waals surface area (Å²) in [6, 6.07) is 2.82. The lowest BCUT2D eigenvalue weighted by atomic mass is 10.2. The second-order valence-corrected chi connectivity index (χ2v) is 2.04. The van der Waals surface area contributed by atoms with E-state index in [4.69, 9.17) is 4.11 Å². The molecule has 1 rings (SSSR count). The molecule has 1 aromatic heterocycles. The summed E-state index contributed by atoms with van der Waals surface area (Å²) in [6.45, 7) is 1.40. The lowest BCUT2D eigenvalue weighted by Gasteiger charge is -1.97. The predicted octanol–water partition coefficient (Wildman–Crippen LogP) is 1.29. The predicted molar refractivity (Wildman–Crippen MR) is 40.8 cm³/mol. The Labute approximate surface area is 69.2 Å². The van der Waals surface area contributed by atoms with Gasteiger partial charge in [0, 0.05) is 17.8 Å². The van der Waals surface area contributed by atoms with Crippen molar-refractivity contribution in [2.45, 2.75) is 6.92 Å². The molecular weight excluding hydrogens is 142 g/mol. The van der Waals surface area contributed by atoms with Gasteiger partial charge < -0.3 is 4.74 Å². The summed E-state index contributed by atoms with van der Waals surface area (Å²) in [7, 11) is -2.51. The van der Waals surface area contributed by atoms with Crippen LogP contribution >= 0.6 is 0 Å². The second-order valence-electron chi connectivity index (χ2n) is 2.04. The fourth-order valence-electron chi connectivity index (χ4n) is 0.649. The van der Waals surface area contributed by atoms with Crippen molar-refractivity contribution in [3.63, 3.8) is 0 Å². The Morgan fingerprint density at radius 1 is 1.73 bits per heavy atom. The van der Waals surface area contributed by atoms with Gasteiger partial charge >= 0.3 is 0 Å². The van der Waals surface area contributed by atoms with Crippen LogP contribution in [0, 0.1) is 0 Å². The minimum absolute atomic E-state index is 0.0185. The van der Waals surface area contributed by atoms with E-state index in [2.05, 4.69) is 9.72 Å². The van der Waals surface area contributed by atoms with Gasteiger partial charge in [0.25, 0.3) is 0 Å². The van der Waals surface area contributed by atoms with E-state index in [0.29, 0.717) is 5.56 Å². The molecule has 0 saturated heterocycles. The summed E-state index contributed by atoms with van der Waals surface area (Å²) >= 11 is 0. The number of ether oxygens (including phenoxy) is 1. The van der Waals surface area contributed by atoms with Crippen LogP contribution in [0.25, 0.3) is 0 Å². The first-order valence-corrected chi connectivity index (χ1v) is 3.04. The topological polar surface area (TPSA) is 39.2 Å². The number of carbonyl (C=O) groups is 1. The van der Waals surface area contributed by atoms with Crippen LogP contribution in [0.4, 0.5) is 0 Å². The summed E-state index contributed by atoms with van der Waals surface area (Å²) in [5.41, 5.74) is 0.419. The highest BCUT2D eigenvalue weighted by Crippen LogP contribution is 2.06. The summed E-state index contributed by atoms with van der Waals surface area (Å²) < 4.78 is 24.9. The van der Waals surface area contributed by atoms with Crippen molar-refractivity contribution in [2.75, 3.05) is 7.04 Å². The number of rotatable bonds is 2. The number of hydrogen-bond donors (Lipinski definition) is 0. The molecule has 58 valence electrons. The van der Waals surface area contributed by atoms with Gasteiger partial charge in [-0.15, -0.1) is 0 Å². The highest BCUT2D eigenvalue weighted by atomic mass is 16.5. The molecule has 0 saturated carbocycles. The van der Waals surface area contributed by atoms with Crippen LogP contribution in [0.1, 0.15) is 21.4 Å². The van der Waals surface area contributed by atoms with E-state index in [-0.39, 0.29) is 11.7 Å². The maximum Gasteiger partial charge on any atom is 0.212 e. The van der Waals surface area contributed by atoms with Crippen molar-refractivity contribution in [1.29, 1.82) is 0 Å². The number of pyridine rings is 1. The van der Waals surface area contributed by atoms with Crippen molar-refractivity contribution in [2.24, 2.45) is 0 Å². The number of aromatic nitrogens is 1. The van der Waals surface area contributed by atoms with Crippen LogP contribution in [0.3, 0.4) is 0 Å². The largest absolute Gasteiger partial charge is 0.481 e. The van der Waals surface area contributed by atoms with Crippen LogP contribution in [-0.2, 0) is 0 Å². The zero-order chi connectivity index (χ0) is 10.8. The van der Waals surface area contributed by atoms with Crippen LogP contribution in [0.5, 0.6) is 5.88 Å². The molecule has 1 heterocycles. The van der Waals surface area contributed by atoms with Gasteiger partial charge in [0.05, 0.1) is 11.2 Å². The van der Waals surface area contributed by atoms with Crippen molar-refractivity contribution in [3.05, 3.63) is 23.9 Å². The van der Waals surface area contributed by atoms with Gasteiger partial charge in [0.2, 0.25) is 5.88 Å². The van der Waals surface area contributed by atoms with E-state index in [1.165, 1.54) is 25.3 Å². The molecule has 1 aromatic rings. The zero-order valence-corrected chi connectivity index (χ0v) is 6.00. The fourth-order valence-corrected chi connectivity index (χ4v) is 0.649. The van der Waals surface area contributed by atoms with E-state index in [9.17, 15) is 4.79 Å². The molecule has 0 spiro atoms. The van der Waals surface area contributed by atoms with Crippen LogP contribution < -0.4 is 4.74 Å². The standard InChI is InChI=1S/C8H9NO2/c1-6(10)7-3-4-8(11-2)9-5-7/h3-5H,1-2H3/i2D3. The van der Waals surface area contributed by atoms with E-state index in [0.717, 1.165) is 0 Å². The number of nitrogens with zero attached hydrogens (tertiary/aromatic N) is 1. The zero-order valence-electron chi connectivity index (χ0n) is 9.00. The highest BCUT2D eigenvalue weighted by Gasteiger charge is 1.98. The van der Waals surface area contributed by atoms with Gasteiger partial charge in [-0.3, -0.25) is 4.79 Å². The Bertz CT molecular complexity index is 331. The maximum absolute atomic E-state index is 10.8. The molecule has 0 radical (unpaired) electrons. The highest BCUT2D eigenvalue weighted by molar-refractivity contribution is 5.93. The monoisotopic (exact) mass is 154 g/mol. The van der Waals surface area contributed by atoms with Gasteiger partial charge in [0.1, 0.15) is 0 Å². The Hall–Kier alpha value is -1.38. The molecule has 3 heteroatoms. The minimum atomic E-state index is -2.51. The first-order chi connectivity index (χ1) is 6.38. The summed E-state index contributed by atoms with van der Waals surface area (Å²) in [4.78, 5) is 14.5.